The molecule has 1 aromatic heterocycles. The number of hydrogen-bond donors (Lipinski definition) is 0. The maximum atomic E-state index is 13.4. The standard InChI is InChI=1S/C10H12F4N4/c11-8-5-15-7-16-9(8)18-3-1-17(2-4-18)6-10(12,13)14/h5,7H,1-4,6H2. The zero-order valence-electron chi connectivity index (χ0n) is 9.49. The fourth-order valence-electron chi connectivity index (χ4n) is 1.91. The van der Waals surface area contributed by atoms with Gasteiger partial charge in [-0.15, -0.1) is 0 Å². The van der Waals surface area contributed by atoms with Crippen LogP contribution in [0.15, 0.2) is 12.5 Å². The van der Waals surface area contributed by atoms with E-state index in [2.05, 4.69) is 9.97 Å². The van der Waals surface area contributed by atoms with Crippen molar-refractivity contribution in [3.63, 3.8) is 0 Å². The Hall–Kier alpha value is -1.44. The average molecular weight is 264 g/mol. The predicted molar refractivity (Wildman–Crippen MR) is 56.7 cm³/mol. The van der Waals surface area contributed by atoms with Crippen LogP contribution in [0.1, 0.15) is 0 Å². The Balaban J connectivity index is 1.93. The van der Waals surface area contributed by atoms with E-state index in [-0.39, 0.29) is 18.9 Å². The second-order valence-corrected chi connectivity index (χ2v) is 4.07. The van der Waals surface area contributed by atoms with Crippen molar-refractivity contribution >= 4 is 5.82 Å². The molecule has 0 radical (unpaired) electrons. The van der Waals surface area contributed by atoms with E-state index in [1.807, 2.05) is 0 Å². The summed E-state index contributed by atoms with van der Waals surface area (Å²) in [6.45, 7) is 0.201. The minimum atomic E-state index is -4.19. The number of hydrogen-bond acceptors (Lipinski definition) is 4. The van der Waals surface area contributed by atoms with Crippen LogP contribution < -0.4 is 4.90 Å². The molecule has 0 amide bonds. The van der Waals surface area contributed by atoms with Gasteiger partial charge in [-0.05, 0) is 0 Å². The summed E-state index contributed by atoms with van der Waals surface area (Å²) < 4.78 is 49.9. The van der Waals surface area contributed by atoms with Crippen molar-refractivity contribution in [2.75, 3.05) is 37.6 Å². The fraction of sp³-hybridized carbons (Fsp3) is 0.600. The lowest BCUT2D eigenvalue weighted by Crippen LogP contribution is -2.49. The molecule has 0 aliphatic carbocycles. The van der Waals surface area contributed by atoms with E-state index in [0.717, 1.165) is 6.20 Å². The summed E-state index contributed by atoms with van der Waals surface area (Å²) in [5, 5.41) is 0. The Kier molecular flexibility index (Phi) is 3.65. The van der Waals surface area contributed by atoms with Crippen LogP contribution in [0.4, 0.5) is 23.4 Å². The first-order chi connectivity index (χ1) is 8.46. The van der Waals surface area contributed by atoms with Crippen molar-refractivity contribution in [1.82, 2.24) is 14.9 Å². The van der Waals surface area contributed by atoms with Gasteiger partial charge in [0.05, 0.1) is 12.7 Å². The first kappa shape index (κ1) is 13.0. The van der Waals surface area contributed by atoms with Crippen molar-refractivity contribution in [3.8, 4) is 0 Å². The molecule has 1 fully saturated rings. The summed E-state index contributed by atoms with van der Waals surface area (Å²) in [5.41, 5.74) is 0. The molecular weight excluding hydrogens is 252 g/mol. The molecule has 18 heavy (non-hydrogen) atoms. The highest BCUT2D eigenvalue weighted by molar-refractivity contribution is 5.38. The molecule has 1 aromatic rings. The summed E-state index contributed by atoms with van der Waals surface area (Å²) in [6.07, 6.45) is -1.92. The first-order valence-electron chi connectivity index (χ1n) is 5.45. The average Bonchev–Trinajstić information content (AvgIpc) is 2.29. The van der Waals surface area contributed by atoms with Crippen molar-refractivity contribution in [1.29, 1.82) is 0 Å². The zero-order valence-corrected chi connectivity index (χ0v) is 9.49. The monoisotopic (exact) mass is 264 g/mol. The van der Waals surface area contributed by atoms with E-state index in [4.69, 9.17) is 0 Å². The molecule has 0 unspecified atom stereocenters. The normalized spacial score (nSPS) is 18.1. The molecule has 0 spiro atoms. The summed E-state index contributed by atoms with van der Waals surface area (Å²) in [7, 11) is 0. The summed E-state index contributed by atoms with van der Waals surface area (Å²) in [6, 6.07) is 0. The van der Waals surface area contributed by atoms with E-state index < -0.39 is 18.5 Å². The van der Waals surface area contributed by atoms with E-state index in [0.29, 0.717) is 13.1 Å². The minimum Gasteiger partial charge on any atom is -0.352 e. The summed E-state index contributed by atoms with van der Waals surface area (Å²) in [5.74, 6) is -0.404. The van der Waals surface area contributed by atoms with Crippen molar-refractivity contribution in [2.24, 2.45) is 0 Å². The molecule has 1 aliphatic rings. The highest BCUT2D eigenvalue weighted by Gasteiger charge is 2.32. The molecule has 1 saturated heterocycles. The number of rotatable bonds is 2. The molecule has 1 aliphatic heterocycles. The largest absolute Gasteiger partial charge is 0.401 e. The van der Waals surface area contributed by atoms with Gasteiger partial charge in [-0.25, -0.2) is 14.4 Å². The maximum Gasteiger partial charge on any atom is 0.401 e. The van der Waals surface area contributed by atoms with Crippen LogP contribution in [-0.2, 0) is 0 Å². The highest BCUT2D eigenvalue weighted by Crippen LogP contribution is 2.20. The molecule has 2 heterocycles. The van der Waals surface area contributed by atoms with Gasteiger partial charge in [-0.1, -0.05) is 0 Å². The minimum absolute atomic E-state index is 0.150. The molecule has 4 nitrogen and oxygen atoms in total. The lowest BCUT2D eigenvalue weighted by molar-refractivity contribution is -0.146. The van der Waals surface area contributed by atoms with Gasteiger partial charge >= 0.3 is 6.18 Å². The van der Waals surface area contributed by atoms with Crippen LogP contribution in [0.2, 0.25) is 0 Å². The molecule has 0 saturated carbocycles. The molecule has 0 aromatic carbocycles. The van der Waals surface area contributed by atoms with Gasteiger partial charge in [-0.3, -0.25) is 4.90 Å². The topological polar surface area (TPSA) is 32.3 Å². The van der Waals surface area contributed by atoms with Gasteiger partial charge in [0, 0.05) is 26.2 Å². The van der Waals surface area contributed by atoms with Crippen molar-refractivity contribution < 1.29 is 17.6 Å². The number of piperazine rings is 1. The Morgan fingerprint density at radius 2 is 1.83 bits per heavy atom. The lowest BCUT2D eigenvalue weighted by Gasteiger charge is -2.35. The molecular formula is C10H12F4N4. The van der Waals surface area contributed by atoms with Gasteiger partial charge in [0.2, 0.25) is 0 Å². The third-order valence-corrected chi connectivity index (χ3v) is 2.72. The van der Waals surface area contributed by atoms with Crippen molar-refractivity contribution in [2.45, 2.75) is 6.18 Å². The van der Waals surface area contributed by atoms with Crippen LogP contribution in [0, 0.1) is 5.82 Å². The van der Waals surface area contributed by atoms with Gasteiger partial charge in [0.1, 0.15) is 6.33 Å². The third-order valence-electron chi connectivity index (χ3n) is 2.72. The lowest BCUT2D eigenvalue weighted by atomic mass is 10.3. The molecule has 0 N–H and O–H groups in total. The van der Waals surface area contributed by atoms with E-state index in [1.54, 1.807) is 4.90 Å². The number of aromatic nitrogens is 2. The van der Waals surface area contributed by atoms with Gasteiger partial charge in [-0.2, -0.15) is 13.2 Å². The molecule has 0 bridgehead atoms. The highest BCUT2D eigenvalue weighted by atomic mass is 19.4. The molecule has 8 heteroatoms. The van der Waals surface area contributed by atoms with Crippen LogP contribution in [0.5, 0.6) is 0 Å². The Morgan fingerprint density at radius 3 is 2.39 bits per heavy atom. The number of anilines is 1. The molecule has 2 rings (SSSR count). The van der Waals surface area contributed by atoms with Gasteiger partial charge < -0.3 is 4.90 Å². The van der Waals surface area contributed by atoms with Crippen LogP contribution in [0.3, 0.4) is 0 Å². The second-order valence-electron chi connectivity index (χ2n) is 4.07. The molecule has 100 valence electrons. The van der Waals surface area contributed by atoms with E-state index in [1.165, 1.54) is 11.2 Å². The molecule has 0 atom stereocenters. The van der Waals surface area contributed by atoms with Crippen LogP contribution >= 0.6 is 0 Å². The van der Waals surface area contributed by atoms with Crippen molar-refractivity contribution in [3.05, 3.63) is 18.3 Å². The third kappa shape index (κ3) is 3.28. The number of alkyl halides is 3. The van der Waals surface area contributed by atoms with Gasteiger partial charge in [0.25, 0.3) is 0 Å². The fourth-order valence-corrected chi connectivity index (χ4v) is 1.91. The van der Waals surface area contributed by atoms with E-state index >= 15 is 0 Å². The second kappa shape index (κ2) is 5.05. The maximum absolute atomic E-state index is 13.4. The first-order valence-corrected chi connectivity index (χ1v) is 5.45. The Morgan fingerprint density at radius 1 is 1.17 bits per heavy atom. The van der Waals surface area contributed by atoms with Crippen LogP contribution in [-0.4, -0.2) is 53.8 Å². The Bertz CT molecular complexity index is 401. The zero-order chi connectivity index (χ0) is 13.2. The number of halogens is 4. The Labute approximate surface area is 101 Å². The summed E-state index contributed by atoms with van der Waals surface area (Å²) >= 11 is 0. The van der Waals surface area contributed by atoms with E-state index in [9.17, 15) is 17.6 Å². The van der Waals surface area contributed by atoms with Gasteiger partial charge in [0.15, 0.2) is 11.6 Å². The van der Waals surface area contributed by atoms with Crippen LogP contribution in [0.25, 0.3) is 0 Å². The smallest absolute Gasteiger partial charge is 0.352 e. The quantitative estimate of drug-likeness (QED) is 0.754. The summed E-state index contributed by atoms with van der Waals surface area (Å²) in [4.78, 5) is 10.3. The number of nitrogens with zero attached hydrogens (tertiary/aromatic N) is 4. The SMILES string of the molecule is Fc1cncnc1N1CCN(CC(F)(F)F)CC1. The predicted octanol–water partition coefficient (Wildman–Crippen LogP) is 1.30.